The molecule has 172 valence electrons. The van der Waals surface area contributed by atoms with Crippen molar-refractivity contribution < 1.29 is 19.0 Å². The molecule has 4 nitrogen and oxygen atoms in total. The van der Waals surface area contributed by atoms with E-state index in [0.29, 0.717) is 19.6 Å². The first kappa shape index (κ1) is 28.1. The highest BCUT2D eigenvalue weighted by atomic mass is 16.6. The van der Waals surface area contributed by atoms with Crippen LogP contribution in [0, 0.1) is 0 Å². The van der Waals surface area contributed by atoms with Crippen molar-refractivity contribution in [3.05, 3.63) is 12.2 Å². The highest BCUT2D eigenvalue weighted by molar-refractivity contribution is 5.69. The average Bonchev–Trinajstić information content (AvgIpc) is 2.70. The van der Waals surface area contributed by atoms with E-state index >= 15 is 0 Å². The minimum absolute atomic E-state index is 0.142. The second-order valence-electron chi connectivity index (χ2n) is 8.06. The van der Waals surface area contributed by atoms with Crippen molar-refractivity contribution in [1.29, 1.82) is 0 Å². The van der Waals surface area contributed by atoms with Gasteiger partial charge in [-0.25, -0.2) is 0 Å². The average molecular weight is 413 g/mol. The van der Waals surface area contributed by atoms with Gasteiger partial charge in [-0.15, -0.1) is 0 Å². The molecule has 0 amide bonds. The van der Waals surface area contributed by atoms with E-state index in [0.717, 1.165) is 12.8 Å². The van der Waals surface area contributed by atoms with Gasteiger partial charge in [-0.2, -0.15) is 0 Å². The van der Waals surface area contributed by atoms with Crippen LogP contribution in [-0.2, 0) is 19.0 Å². The van der Waals surface area contributed by atoms with E-state index in [-0.39, 0.29) is 12.1 Å². The van der Waals surface area contributed by atoms with Gasteiger partial charge >= 0.3 is 5.97 Å². The number of rotatable bonds is 22. The Bertz CT molecular complexity index is 362. The lowest BCUT2D eigenvalue weighted by Crippen LogP contribution is -2.27. The number of esters is 1. The van der Waals surface area contributed by atoms with Gasteiger partial charge in [0.05, 0.1) is 13.2 Å². The minimum atomic E-state index is -0.294. The molecule has 0 spiro atoms. The van der Waals surface area contributed by atoms with Gasteiger partial charge in [-0.3, -0.25) is 4.79 Å². The van der Waals surface area contributed by atoms with Crippen LogP contribution in [0.2, 0.25) is 0 Å². The van der Waals surface area contributed by atoms with E-state index in [9.17, 15) is 4.79 Å². The largest absolute Gasteiger partial charge is 0.457 e. The maximum Gasteiger partial charge on any atom is 0.306 e. The van der Waals surface area contributed by atoms with Crippen LogP contribution in [0.25, 0.3) is 0 Å². The number of carbonyl (C=O) groups is 1. The molecule has 29 heavy (non-hydrogen) atoms. The maximum atomic E-state index is 11.8. The lowest BCUT2D eigenvalue weighted by Gasteiger charge is -2.16. The fourth-order valence-electron chi connectivity index (χ4n) is 3.43. The summed E-state index contributed by atoms with van der Waals surface area (Å²) in [7, 11) is 3.20. The molecule has 0 radical (unpaired) electrons. The predicted octanol–water partition coefficient (Wildman–Crippen LogP) is 7.01. The summed E-state index contributed by atoms with van der Waals surface area (Å²) in [5, 5.41) is 0. The highest BCUT2D eigenvalue weighted by Gasteiger charge is 2.13. The number of hydrogen-bond acceptors (Lipinski definition) is 4. The van der Waals surface area contributed by atoms with E-state index in [4.69, 9.17) is 14.2 Å². The smallest absolute Gasteiger partial charge is 0.306 e. The van der Waals surface area contributed by atoms with Crippen molar-refractivity contribution in [2.24, 2.45) is 0 Å². The van der Waals surface area contributed by atoms with Crippen molar-refractivity contribution in [2.75, 3.05) is 27.4 Å². The topological polar surface area (TPSA) is 44.8 Å². The highest BCUT2D eigenvalue weighted by Crippen LogP contribution is 2.12. The van der Waals surface area contributed by atoms with E-state index < -0.39 is 0 Å². The van der Waals surface area contributed by atoms with Crippen LogP contribution in [0.1, 0.15) is 110 Å². The fraction of sp³-hybridized carbons (Fsp3) is 0.880. The van der Waals surface area contributed by atoms with Crippen molar-refractivity contribution in [3.8, 4) is 0 Å². The van der Waals surface area contributed by atoms with Crippen LogP contribution < -0.4 is 0 Å². The van der Waals surface area contributed by atoms with Crippen LogP contribution in [0.3, 0.4) is 0 Å². The monoisotopic (exact) mass is 412 g/mol. The summed E-state index contributed by atoms with van der Waals surface area (Å²) in [5.41, 5.74) is 0. The van der Waals surface area contributed by atoms with Crippen molar-refractivity contribution >= 4 is 5.97 Å². The lowest BCUT2D eigenvalue weighted by atomic mass is 10.1. The zero-order chi connectivity index (χ0) is 21.4. The van der Waals surface area contributed by atoms with Gasteiger partial charge < -0.3 is 14.2 Å². The van der Waals surface area contributed by atoms with Gasteiger partial charge in [0.2, 0.25) is 0 Å². The van der Waals surface area contributed by atoms with Gasteiger partial charge in [0, 0.05) is 20.6 Å². The standard InChI is InChI=1S/C25H48O4/c1-4-5-6-7-8-9-10-11-12-13-14-15-16-17-18-19-20-21-25(26)29-24(22-27-2)23-28-3/h11-12,24H,4-10,13-23H2,1-3H3/b12-11-. The van der Waals surface area contributed by atoms with Gasteiger partial charge in [0.25, 0.3) is 0 Å². The fourth-order valence-corrected chi connectivity index (χ4v) is 3.43. The Labute approximate surface area is 180 Å². The molecule has 0 aliphatic carbocycles. The van der Waals surface area contributed by atoms with Gasteiger partial charge in [0.15, 0.2) is 0 Å². The molecular weight excluding hydrogens is 364 g/mol. The lowest BCUT2D eigenvalue weighted by molar-refractivity contribution is -0.154. The van der Waals surface area contributed by atoms with Crippen LogP contribution in [0.15, 0.2) is 12.2 Å². The maximum absolute atomic E-state index is 11.8. The Morgan fingerprint density at radius 3 is 1.62 bits per heavy atom. The third kappa shape index (κ3) is 21.7. The van der Waals surface area contributed by atoms with Crippen LogP contribution in [-0.4, -0.2) is 39.5 Å². The Balaban J connectivity index is 3.34. The molecule has 0 unspecified atom stereocenters. The van der Waals surface area contributed by atoms with Crippen molar-refractivity contribution in [1.82, 2.24) is 0 Å². The quantitative estimate of drug-likeness (QED) is 0.109. The molecule has 0 N–H and O–H groups in total. The number of allylic oxidation sites excluding steroid dienone is 2. The molecule has 4 heteroatoms. The predicted molar refractivity (Wildman–Crippen MR) is 122 cm³/mol. The summed E-state index contributed by atoms with van der Waals surface area (Å²) in [6, 6.07) is 0. The summed E-state index contributed by atoms with van der Waals surface area (Å²) >= 11 is 0. The summed E-state index contributed by atoms with van der Waals surface area (Å²) in [6.07, 6.45) is 24.1. The molecule has 0 aliphatic heterocycles. The number of carbonyl (C=O) groups excluding carboxylic acids is 1. The first-order valence-electron chi connectivity index (χ1n) is 12.1. The molecule has 0 bridgehead atoms. The Morgan fingerprint density at radius 1 is 0.690 bits per heavy atom. The van der Waals surface area contributed by atoms with E-state index in [2.05, 4.69) is 19.1 Å². The van der Waals surface area contributed by atoms with Crippen molar-refractivity contribution in [2.45, 2.75) is 116 Å². The first-order chi connectivity index (χ1) is 14.2. The summed E-state index contributed by atoms with van der Waals surface area (Å²) < 4.78 is 15.4. The first-order valence-corrected chi connectivity index (χ1v) is 12.1. The summed E-state index contributed by atoms with van der Waals surface area (Å²) in [5.74, 6) is -0.142. The molecule has 0 aliphatic rings. The Kier molecular flexibility index (Phi) is 22.7. The second-order valence-corrected chi connectivity index (χ2v) is 8.06. The molecule has 0 rings (SSSR count). The molecule has 0 atom stereocenters. The molecule has 0 saturated carbocycles. The minimum Gasteiger partial charge on any atom is -0.457 e. The normalized spacial score (nSPS) is 11.6. The number of methoxy groups -OCH3 is 2. The molecular formula is C25H48O4. The molecule has 0 saturated heterocycles. The SMILES string of the molecule is CCCCCCCC/C=C\CCCCCCCCCC(=O)OC(COC)COC. The number of ether oxygens (including phenoxy) is 3. The number of hydrogen-bond donors (Lipinski definition) is 0. The molecule has 0 aromatic rings. The van der Waals surface area contributed by atoms with Crippen LogP contribution in [0.4, 0.5) is 0 Å². The van der Waals surface area contributed by atoms with E-state index in [1.165, 1.54) is 83.5 Å². The zero-order valence-corrected chi connectivity index (χ0v) is 19.6. The number of unbranched alkanes of at least 4 members (excludes halogenated alkanes) is 13. The van der Waals surface area contributed by atoms with Gasteiger partial charge in [0.1, 0.15) is 6.10 Å². The second kappa shape index (κ2) is 23.4. The molecule has 0 aromatic carbocycles. The van der Waals surface area contributed by atoms with Gasteiger partial charge in [-0.05, 0) is 32.1 Å². The van der Waals surface area contributed by atoms with Gasteiger partial charge in [-0.1, -0.05) is 83.3 Å². The van der Waals surface area contributed by atoms with Crippen LogP contribution >= 0.6 is 0 Å². The van der Waals surface area contributed by atoms with E-state index in [1.807, 2.05) is 0 Å². The van der Waals surface area contributed by atoms with Crippen molar-refractivity contribution in [3.63, 3.8) is 0 Å². The third-order valence-electron chi connectivity index (χ3n) is 5.15. The Hall–Kier alpha value is -0.870. The van der Waals surface area contributed by atoms with E-state index in [1.54, 1.807) is 14.2 Å². The zero-order valence-electron chi connectivity index (χ0n) is 19.6. The molecule has 0 heterocycles. The molecule has 0 aromatic heterocycles. The molecule has 0 fully saturated rings. The third-order valence-corrected chi connectivity index (χ3v) is 5.15. The summed E-state index contributed by atoms with van der Waals surface area (Å²) in [4.78, 5) is 11.8. The summed E-state index contributed by atoms with van der Waals surface area (Å²) in [6.45, 7) is 3.04. The Morgan fingerprint density at radius 2 is 1.14 bits per heavy atom. The van der Waals surface area contributed by atoms with Crippen LogP contribution in [0.5, 0.6) is 0 Å².